The van der Waals surface area contributed by atoms with Crippen LogP contribution in [-0.2, 0) is 4.74 Å². The van der Waals surface area contributed by atoms with E-state index in [-0.39, 0.29) is 0 Å². The molecule has 0 unspecified atom stereocenters. The first-order chi connectivity index (χ1) is 6.35. The molecule has 0 aromatic rings. The van der Waals surface area contributed by atoms with E-state index in [9.17, 15) is 0 Å². The van der Waals surface area contributed by atoms with Crippen molar-refractivity contribution in [3.05, 3.63) is 6.10 Å². The minimum absolute atomic E-state index is 0.906. The Morgan fingerprint density at radius 2 is 1.38 bits per heavy atom. The Labute approximate surface area is 83.9 Å². The Balaban J connectivity index is 3.47. The molecular weight excluding hydrogens is 160 g/mol. The van der Waals surface area contributed by atoms with Crippen LogP contribution < -0.4 is 0 Å². The molecule has 0 aromatic carbocycles. The highest BCUT2D eigenvalue weighted by Crippen LogP contribution is 2.19. The Hall–Kier alpha value is -0.0400. The SMILES string of the molecule is CCCC[C](CCCC)OCCC. The van der Waals surface area contributed by atoms with Gasteiger partial charge in [0.1, 0.15) is 0 Å². The predicted molar refractivity (Wildman–Crippen MR) is 58.5 cm³/mol. The van der Waals surface area contributed by atoms with E-state index in [2.05, 4.69) is 20.8 Å². The molecular formula is C12H25O. The van der Waals surface area contributed by atoms with Gasteiger partial charge < -0.3 is 4.74 Å². The lowest BCUT2D eigenvalue weighted by Gasteiger charge is -2.15. The van der Waals surface area contributed by atoms with Crippen LogP contribution >= 0.6 is 0 Å². The number of unbranched alkanes of at least 4 members (excludes halogenated alkanes) is 2. The molecule has 0 aliphatic carbocycles. The molecule has 0 bridgehead atoms. The summed E-state index contributed by atoms with van der Waals surface area (Å²) in [5.74, 6) is 0. The fraction of sp³-hybridized carbons (Fsp3) is 0.917. The molecule has 0 rings (SSSR count). The molecule has 0 aliphatic rings. The van der Waals surface area contributed by atoms with Crippen LogP contribution in [0.3, 0.4) is 0 Å². The summed E-state index contributed by atoms with van der Waals surface area (Å²) in [5, 5.41) is 0. The summed E-state index contributed by atoms with van der Waals surface area (Å²) in [6.45, 7) is 7.54. The molecule has 1 nitrogen and oxygen atoms in total. The van der Waals surface area contributed by atoms with Gasteiger partial charge in [0.2, 0.25) is 0 Å². The Kier molecular flexibility index (Phi) is 10.0. The second-order valence-electron chi connectivity index (χ2n) is 3.59. The monoisotopic (exact) mass is 185 g/mol. The Morgan fingerprint density at radius 1 is 0.846 bits per heavy atom. The van der Waals surface area contributed by atoms with Crippen molar-refractivity contribution in [3.63, 3.8) is 0 Å². The van der Waals surface area contributed by atoms with Crippen molar-refractivity contribution in [2.45, 2.75) is 65.7 Å². The van der Waals surface area contributed by atoms with Crippen LogP contribution in [-0.4, -0.2) is 6.61 Å². The van der Waals surface area contributed by atoms with E-state index in [0.29, 0.717) is 0 Å². The highest BCUT2D eigenvalue weighted by atomic mass is 16.5. The van der Waals surface area contributed by atoms with Crippen molar-refractivity contribution in [3.8, 4) is 0 Å². The van der Waals surface area contributed by atoms with Crippen LogP contribution in [0.2, 0.25) is 0 Å². The van der Waals surface area contributed by atoms with E-state index < -0.39 is 0 Å². The molecule has 1 radical (unpaired) electrons. The minimum Gasteiger partial charge on any atom is -0.372 e. The van der Waals surface area contributed by atoms with Gasteiger partial charge >= 0.3 is 0 Å². The van der Waals surface area contributed by atoms with Crippen LogP contribution in [0.15, 0.2) is 0 Å². The van der Waals surface area contributed by atoms with Gasteiger partial charge in [-0.3, -0.25) is 0 Å². The standard InChI is InChI=1S/C12H25O/c1-4-7-9-12(10-8-5-2)13-11-6-3/h4-11H2,1-3H3. The normalized spacial score (nSPS) is 11.1. The van der Waals surface area contributed by atoms with Crippen LogP contribution in [0.25, 0.3) is 0 Å². The van der Waals surface area contributed by atoms with E-state index in [1.54, 1.807) is 0 Å². The summed E-state index contributed by atoms with van der Waals surface area (Å²) in [4.78, 5) is 0. The third-order valence-corrected chi connectivity index (χ3v) is 2.13. The second kappa shape index (κ2) is 10.0. The third-order valence-electron chi connectivity index (χ3n) is 2.13. The second-order valence-corrected chi connectivity index (χ2v) is 3.59. The van der Waals surface area contributed by atoms with Crippen LogP contribution in [0.5, 0.6) is 0 Å². The lowest BCUT2D eigenvalue weighted by atomic mass is 10.1. The van der Waals surface area contributed by atoms with Gasteiger partial charge in [-0.2, -0.15) is 0 Å². The molecule has 0 fully saturated rings. The molecule has 0 amide bonds. The molecule has 0 saturated heterocycles. The third kappa shape index (κ3) is 8.29. The molecule has 0 aliphatic heterocycles. The maximum atomic E-state index is 5.71. The van der Waals surface area contributed by atoms with Crippen molar-refractivity contribution in [1.82, 2.24) is 0 Å². The lowest BCUT2D eigenvalue weighted by molar-refractivity contribution is 0.123. The van der Waals surface area contributed by atoms with Gasteiger partial charge in [0.05, 0.1) is 6.10 Å². The van der Waals surface area contributed by atoms with E-state index in [1.807, 2.05) is 0 Å². The number of ether oxygens (including phenoxy) is 1. The van der Waals surface area contributed by atoms with Crippen LogP contribution in [0, 0.1) is 6.10 Å². The topological polar surface area (TPSA) is 9.23 Å². The Morgan fingerprint density at radius 3 is 1.77 bits per heavy atom. The average molecular weight is 185 g/mol. The van der Waals surface area contributed by atoms with Crippen LogP contribution in [0.1, 0.15) is 65.7 Å². The maximum Gasteiger partial charge on any atom is 0.0970 e. The minimum atomic E-state index is 0.906. The smallest absolute Gasteiger partial charge is 0.0970 e. The Bertz CT molecular complexity index is 72.1. The first-order valence-corrected chi connectivity index (χ1v) is 5.82. The predicted octanol–water partition coefficient (Wildman–Crippen LogP) is 4.33. The van der Waals surface area contributed by atoms with Gasteiger partial charge in [0.25, 0.3) is 0 Å². The van der Waals surface area contributed by atoms with Gasteiger partial charge in [-0.05, 0) is 19.3 Å². The van der Waals surface area contributed by atoms with Gasteiger partial charge in [0.15, 0.2) is 0 Å². The first-order valence-electron chi connectivity index (χ1n) is 5.82. The van der Waals surface area contributed by atoms with Crippen molar-refractivity contribution in [2.24, 2.45) is 0 Å². The lowest BCUT2D eigenvalue weighted by Crippen LogP contribution is -2.04. The molecule has 0 atom stereocenters. The zero-order chi connectivity index (χ0) is 9.94. The molecule has 0 N–H and O–H groups in total. The molecule has 0 spiro atoms. The average Bonchev–Trinajstić information content (AvgIpc) is 2.17. The molecule has 79 valence electrons. The van der Waals surface area contributed by atoms with E-state index >= 15 is 0 Å². The quantitative estimate of drug-likeness (QED) is 0.519. The summed E-state index contributed by atoms with van der Waals surface area (Å²) >= 11 is 0. The summed E-state index contributed by atoms with van der Waals surface area (Å²) in [5.41, 5.74) is 0. The van der Waals surface area contributed by atoms with Crippen molar-refractivity contribution in [1.29, 1.82) is 0 Å². The van der Waals surface area contributed by atoms with E-state index in [4.69, 9.17) is 4.74 Å². The largest absolute Gasteiger partial charge is 0.372 e. The summed E-state index contributed by atoms with van der Waals surface area (Å²) in [6, 6.07) is 0. The van der Waals surface area contributed by atoms with Crippen molar-refractivity contribution < 1.29 is 4.74 Å². The van der Waals surface area contributed by atoms with Crippen molar-refractivity contribution >= 4 is 0 Å². The zero-order valence-corrected chi connectivity index (χ0v) is 9.57. The van der Waals surface area contributed by atoms with Gasteiger partial charge in [0, 0.05) is 6.61 Å². The number of hydrogen-bond acceptors (Lipinski definition) is 1. The fourth-order valence-corrected chi connectivity index (χ4v) is 1.26. The molecule has 0 aromatic heterocycles. The zero-order valence-electron chi connectivity index (χ0n) is 9.57. The van der Waals surface area contributed by atoms with Gasteiger partial charge in [-0.1, -0.05) is 46.5 Å². The molecule has 0 saturated carbocycles. The van der Waals surface area contributed by atoms with Crippen LogP contribution in [0.4, 0.5) is 0 Å². The number of rotatable bonds is 9. The maximum absolute atomic E-state index is 5.71. The molecule has 1 heteroatoms. The van der Waals surface area contributed by atoms with E-state index in [0.717, 1.165) is 13.0 Å². The van der Waals surface area contributed by atoms with Crippen molar-refractivity contribution in [2.75, 3.05) is 6.61 Å². The van der Waals surface area contributed by atoms with Gasteiger partial charge in [-0.25, -0.2) is 0 Å². The molecule has 0 heterocycles. The molecule has 13 heavy (non-hydrogen) atoms. The fourth-order valence-electron chi connectivity index (χ4n) is 1.26. The summed E-state index contributed by atoms with van der Waals surface area (Å²) < 4.78 is 5.71. The highest BCUT2D eigenvalue weighted by Gasteiger charge is 2.08. The summed E-state index contributed by atoms with van der Waals surface area (Å²) in [7, 11) is 0. The first kappa shape index (κ1) is 13.0. The number of hydrogen-bond donors (Lipinski definition) is 0. The summed E-state index contributed by atoms with van der Waals surface area (Å²) in [6.07, 6.45) is 9.92. The van der Waals surface area contributed by atoms with Gasteiger partial charge in [-0.15, -0.1) is 0 Å². The highest BCUT2D eigenvalue weighted by molar-refractivity contribution is 4.77. The van der Waals surface area contributed by atoms with E-state index in [1.165, 1.54) is 44.6 Å².